The zero-order valence-electron chi connectivity index (χ0n) is 12.5. The van der Waals surface area contributed by atoms with Crippen LogP contribution in [0.4, 0.5) is 4.79 Å². The number of nitrogens with one attached hydrogen (secondary N) is 1. The Hall–Kier alpha value is -2.08. The first kappa shape index (κ1) is 16.3. The van der Waals surface area contributed by atoms with Gasteiger partial charge < -0.3 is 15.2 Å². The molecule has 0 fully saturated rings. The van der Waals surface area contributed by atoms with Gasteiger partial charge in [0, 0.05) is 11.9 Å². The average Bonchev–Trinajstić information content (AvgIpc) is 2.95. The van der Waals surface area contributed by atoms with E-state index in [4.69, 9.17) is 4.74 Å². The minimum Gasteiger partial charge on any atom is -0.486 e. The van der Waals surface area contributed by atoms with Crippen molar-refractivity contribution in [1.29, 1.82) is 0 Å². The molecule has 5 nitrogen and oxygen atoms in total. The fourth-order valence-electron chi connectivity index (χ4n) is 1.94. The Morgan fingerprint density at radius 3 is 2.86 bits per heavy atom. The van der Waals surface area contributed by atoms with Crippen LogP contribution in [-0.2, 0) is 17.8 Å². The quantitative estimate of drug-likeness (QED) is 0.821. The molecule has 2 N–H and O–H groups in total. The van der Waals surface area contributed by atoms with Crippen molar-refractivity contribution in [2.45, 2.75) is 26.4 Å². The molecule has 0 aliphatic carbocycles. The van der Waals surface area contributed by atoms with Crippen molar-refractivity contribution in [3.8, 4) is 5.19 Å². The number of benzene rings is 1. The van der Waals surface area contributed by atoms with E-state index in [1.165, 1.54) is 11.3 Å². The standard InChI is InChI=1S/C16H20N2O3S/c1-12(7-8-14-11-22-16(20)18-14)9-17-15(19)21-10-13-5-3-2-4-6-13/h2-6,11-12H,7-10H2,1H3,(H,17,19)(H,18,20). The number of aromatic hydroxyl groups is 1. The first-order valence-electron chi connectivity index (χ1n) is 7.21. The molecule has 0 saturated carbocycles. The highest BCUT2D eigenvalue weighted by molar-refractivity contribution is 7.11. The van der Waals surface area contributed by atoms with Crippen molar-refractivity contribution in [2.75, 3.05) is 6.54 Å². The van der Waals surface area contributed by atoms with Crippen LogP contribution >= 0.6 is 11.3 Å². The summed E-state index contributed by atoms with van der Waals surface area (Å²) >= 11 is 1.23. The molecule has 0 aliphatic rings. The predicted molar refractivity (Wildman–Crippen MR) is 85.9 cm³/mol. The molecule has 2 aromatic rings. The number of hydrogen-bond acceptors (Lipinski definition) is 5. The van der Waals surface area contributed by atoms with Gasteiger partial charge in [0.05, 0.1) is 5.69 Å². The molecule has 1 aromatic heterocycles. The molecule has 1 aromatic carbocycles. The topological polar surface area (TPSA) is 71.5 Å². The van der Waals surface area contributed by atoms with Crippen molar-refractivity contribution in [3.05, 3.63) is 47.0 Å². The van der Waals surface area contributed by atoms with Crippen LogP contribution in [0.5, 0.6) is 5.19 Å². The summed E-state index contributed by atoms with van der Waals surface area (Å²) in [4.78, 5) is 15.6. The number of carbonyl (C=O) groups excluding carboxylic acids is 1. The van der Waals surface area contributed by atoms with Crippen LogP contribution in [-0.4, -0.2) is 22.7 Å². The van der Waals surface area contributed by atoms with Crippen LogP contribution in [0, 0.1) is 5.92 Å². The van der Waals surface area contributed by atoms with Crippen LogP contribution in [0.1, 0.15) is 24.6 Å². The molecule has 1 heterocycles. The number of amides is 1. The van der Waals surface area contributed by atoms with Crippen molar-refractivity contribution >= 4 is 17.4 Å². The van der Waals surface area contributed by atoms with E-state index in [1.807, 2.05) is 35.7 Å². The summed E-state index contributed by atoms with van der Waals surface area (Å²) in [7, 11) is 0. The first-order valence-corrected chi connectivity index (χ1v) is 8.09. The molecule has 118 valence electrons. The Labute approximate surface area is 134 Å². The zero-order chi connectivity index (χ0) is 15.8. The second-order valence-corrected chi connectivity index (χ2v) is 6.04. The van der Waals surface area contributed by atoms with Gasteiger partial charge in [-0.15, -0.1) is 0 Å². The number of alkyl carbamates (subject to hydrolysis) is 1. The van der Waals surface area contributed by atoms with Gasteiger partial charge >= 0.3 is 6.09 Å². The van der Waals surface area contributed by atoms with Crippen LogP contribution in [0.25, 0.3) is 0 Å². The zero-order valence-corrected chi connectivity index (χ0v) is 13.3. The Morgan fingerprint density at radius 2 is 2.18 bits per heavy atom. The molecule has 1 atom stereocenters. The van der Waals surface area contributed by atoms with Crippen molar-refractivity contribution in [2.24, 2.45) is 5.92 Å². The van der Waals surface area contributed by atoms with Gasteiger partial charge in [-0.25, -0.2) is 9.78 Å². The second kappa shape index (κ2) is 8.38. The van der Waals surface area contributed by atoms with Crippen LogP contribution in [0.15, 0.2) is 35.7 Å². The molecular weight excluding hydrogens is 300 g/mol. The van der Waals surface area contributed by atoms with Gasteiger partial charge in [0.1, 0.15) is 6.61 Å². The highest BCUT2D eigenvalue weighted by atomic mass is 32.1. The third kappa shape index (κ3) is 5.73. The molecule has 0 saturated heterocycles. The van der Waals surface area contributed by atoms with E-state index in [9.17, 15) is 9.90 Å². The maximum absolute atomic E-state index is 11.6. The van der Waals surface area contributed by atoms with E-state index < -0.39 is 6.09 Å². The molecule has 0 aliphatic heterocycles. The minimum atomic E-state index is -0.401. The van der Waals surface area contributed by atoms with E-state index in [-0.39, 0.29) is 11.8 Å². The molecule has 22 heavy (non-hydrogen) atoms. The smallest absolute Gasteiger partial charge is 0.407 e. The maximum atomic E-state index is 11.6. The number of hydrogen-bond donors (Lipinski definition) is 2. The largest absolute Gasteiger partial charge is 0.486 e. The molecule has 0 spiro atoms. The van der Waals surface area contributed by atoms with Gasteiger partial charge in [-0.3, -0.25) is 0 Å². The fourth-order valence-corrected chi connectivity index (χ4v) is 2.52. The van der Waals surface area contributed by atoms with E-state index in [0.29, 0.717) is 12.5 Å². The number of nitrogens with zero attached hydrogens (tertiary/aromatic N) is 1. The molecule has 1 unspecified atom stereocenters. The van der Waals surface area contributed by atoms with E-state index in [0.717, 1.165) is 24.1 Å². The van der Waals surface area contributed by atoms with Crippen LogP contribution in [0.3, 0.4) is 0 Å². The number of rotatable bonds is 7. The third-order valence-electron chi connectivity index (χ3n) is 3.24. The summed E-state index contributed by atoms with van der Waals surface area (Å²) in [5.74, 6) is 0.313. The summed E-state index contributed by atoms with van der Waals surface area (Å²) in [6, 6.07) is 9.58. The first-order chi connectivity index (χ1) is 10.6. The van der Waals surface area contributed by atoms with Crippen LogP contribution < -0.4 is 5.32 Å². The lowest BCUT2D eigenvalue weighted by Crippen LogP contribution is -2.29. The van der Waals surface area contributed by atoms with E-state index >= 15 is 0 Å². The summed E-state index contributed by atoms with van der Waals surface area (Å²) in [6.07, 6.45) is 1.28. The fraction of sp³-hybridized carbons (Fsp3) is 0.375. The normalized spacial score (nSPS) is 11.9. The lowest BCUT2D eigenvalue weighted by molar-refractivity contribution is 0.138. The monoisotopic (exact) mass is 320 g/mol. The van der Waals surface area contributed by atoms with E-state index in [1.54, 1.807) is 0 Å². The molecule has 0 bridgehead atoms. The summed E-state index contributed by atoms with van der Waals surface area (Å²) in [6.45, 7) is 2.90. The van der Waals surface area contributed by atoms with Crippen LogP contribution in [0.2, 0.25) is 0 Å². The lowest BCUT2D eigenvalue weighted by Gasteiger charge is -2.12. The third-order valence-corrected chi connectivity index (χ3v) is 3.93. The maximum Gasteiger partial charge on any atom is 0.407 e. The molecular formula is C16H20N2O3S. The van der Waals surface area contributed by atoms with Gasteiger partial charge in [0.15, 0.2) is 0 Å². The minimum absolute atomic E-state index is 0.102. The van der Waals surface area contributed by atoms with Crippen molar-refractivity contribution in [1.82, 2.24) is 10.3 Å². The SMILES string of the molecule is CC(CCc1csc(O)n1)CNC(=O)OCc1ccccc1. The Kier molecular flexibility index (Phi) is 6.21. The van der Waals surface area contributed by atoms with E-state index in [2.05, 4.69) is 17.2 Å². The highest BCUT2D eigenvalue weighted by Crippen LogP contribution is 2.18. The summed E-state index contributed by atoms with van der Waals surface area (Å²) in [5.41, 5.74) is 1.86. The number of carbonyl (C=O) groups is 1. The predicted octanol–water partition coefficient (Wildman–Crippen LogP) is 3.34. The van der Waals surface area contributed by atoms with Gasteiger partial charge in [-0.05, 0) is 24.3 Å². The lowest BCUT2D eigenvalue weighted by atomic mass is 10.0. The molecule has 2 rings (SSSR count). The Bertz CT molecular complexity index is 586. The number of aromatic nitrogens is 1. The summed E-state index contributed by atoms with van der Waals surface area (Å²) < 4.78 is 5.15. The van der Waals surface area contributed by atoms with Gasteiger partial charge in [0.2, 0.25) is 0 Å². The van der Waals surface area contributed by atoms with Crippen molar-refractivity contribution < 1.29 is 14.6 Å². The highest BCUT2D eigenvalue weighted by Gasteiger charge is 2.08. The number of ether oxygens (including phenoxy) is 1. The average molecular weight is 320 g/mol. The van der Waals surface area contributed by atoms with Gasteiger partial charge in [-0.1, -0.05) is 48.6 Å². The van der Waals surface area contributed by atoms with Crippen molar-refractivity contribution in [3.63, 3.8) is 0 Å². The number of aryl methyl sites for hydroxylation is 1. The molecule has 1 amide bonds. The number of thiazole rings is 1. The molecule has 6 heteroatoms. The summed E-state index contributed by atoms with van der Waals surface area (Å²) in [5, 5.41) is 13.9. The van der Waals surface area contributed by atoms with Gasteiger partial charge in [-0.2, -0.15) is 0 Å². The van der Waals surface area contributed by atoms with Gasteiger partial charge in [0.25, 0.3) is 5.19 Å². The second-order valence-electron chi connectivity index (χ2n) is 5.21. The Balaban J connectivity index is 1.61. The molecule has 0 radical (unpaired) electrons. The Morgan fingerprint density at radius 1 is 1.41 bits per heavy atom.